The molecule has 0 fully saturated rings. The van der Waals surface area contributed by atoms with Crippen molar-refractivity contribution in [3.63, 3.8) is 0 Å². The van der Waals surface area contributed by atoms with E-state index >= 15 is 0 Å². The van der Waals surface area contributed by atoms with Crippen LogP contribution in [0.5, 0.6) is 0 Å². The number of hydrogen-bond donors (Lipinski definition) is 3. The van der Waals surface area contributed by atoms with Crippen LogP contribution in [0, 0.1) is 0 Å². The third-order valence-electron chi connectivity index (χ3n) is 3.50. The molecule has 0 unspecified atom stereocenters. The van der Waals surface area contributed by atoms with Crippen LogP contribution < -0.4 is 16.4 Å². The summed E-state index contributed by atoms with van der Waals surface area (Å²) >= 11 is 0. The molecule has 0 spiro atoms. The molecule has 2 heterocycles. The first-order valence-electron chi connectivity index (χ1n) is 8.02. The van der Waals surface area contributed by atoms with Gasteiger partial charge >= 0.3 is 5.97 Å². The highest BCUT2D eigenvalue weighted by atomic mass is 16.5. The SMILES string of the molecule is CCOC(=O)c1nc(NC(=O)CCNC(=O)c2cc(N)cn2C)cn1C. The van der Waals surface area contributed by atoms with Gasteiger partial charge in [0.15, 0.2) is 5.82 Å². The second-order valence-electron chi connectivity index (χ2n) is 5.60. The Hall–Kier alpha value is -3.30. The number of aromatic nitrogens is 3. The van der Waals surface area contributed by atoms with Crippen LogP contribution in [-0.4, -0.2) is 45.1 Å². The molecule has 0 atom stereocenters. The van der Waals surface area contributed by atoms with Crippen molar-refractivity contribution >= 4 is 29.3 Å². The number of ether oxygens (including phenoxy) is 1. The molecule has 10 nitrogen and oxygen atoms in total. The van der Waals surface area contributed by atoms with Gasteiger partial charge in [-0.15, -0.1) is 0 Å². The molecule has 2 rings (SSSR count). The minimum atomic E-state index is -0.565. The number of carbonyl (C=O) groups is 3. The number of nitrogens with one attached hydrogen (secondary N) is 2. The summed E-state index contributed by atoms with van der Waals surface area (Å²) in [6, 6.07) is 1.56. The van der Waals surface area contributed by atoms with E-state index in [1.165, 1.54) is 10.8 Å². The van der Waals surface area contributed by atoms with E-state index < -0.39 is 5.97 Å². The van der Waals surface area contributed by atoms with Gasteiger partial charge in [-0.05, 0) is 13.0 Å². The predicted octanol–water partition coefficient (Wildman–Crippen LogP) is 0.276. The number of esters is 1. The van der Waals surface area contributed by atoms with E-state index in [-0.39, 0.29) is 43.0 Å². The van der Waals surface area contributed by atoms with Gasteiger partial charge in [0.05, 0.1) is 12.3 Å². The fourth-order valence-electron chi connectivity index (χ4n) is 2.31. The molecule has 0 saturated heterocycles. The minimum absolute atomic E-state index is 0.0525. The molecule has 2 amide bonds. The second kappa shape index (κ2) is 8.19. The number of amides is 2. The lowest BCUT2D eigenvalue weighted by Gasteiger charge is -2.06. The van der Waals surface area contributed by atoms with Crippen molar-refractivity contribution in [2.45, 2.75) is 13.3 Å². The van der Waals surface area contributed by atoms with Crippen LogP contribution in [0.4, 0.5) is 11.5 Å². The third-order valence-corrected chi connectivity index (χ3v) is 3.50. The highest BCUT2D eigenvalue weighted by Crippen LogP contribution is 2.09. The van der Waals surface area contributed by atoms with Crippen molar-refractivity contribution in [2.24, 2.45) is 14.1 Å². The normalized spacial score (nSPS) is 10.4. The third kappa shape index (κ3) is 4.62. The molecule has 2 aromatic rings. The number of carbonyl (C=O) groups excluding carboxylic acids is 3. The van der Waals surface area contributed by atoms with Crippen LogP contribution in [0.2, 0.25) is 0 Å². The maximum Gasteiger partial charge on any atom is 0.374 e. The molecule has 0 aliphatic rings. The lowest BCUT2D eigenvalue weighted by Crippen LogP contribution is -2.29. The summed E-state index contributed by atoms with van der Waals surface area (Å²) in [5, 5.41) is 5.22. The average Bonchev–Trinajstić information content (AvgIpc) is 3.09. The summed E-state index contributed by atoms with van der Waals surface area (Å²) in [5.41, 5.74) is 6.53. The molecule has 140 valence electrons. The fourth-order valence-corrected chi connectivity index (χ4v) is 2.31. The smallest absolute Gasteiger partial charge is 0.374 e. The van der Waals surface area contributed by atoms with E-state index in [4.69, 9.17) is 10.5 Å². The van der Waals surface area contributed by atoms with Crippen LogP contribution in [0.1, 0.15) is 34.5 Å². The van der Waals surface area contributed by atoms with E-state index in [0.717, 1.165) is 0 Å². The van der Waals surface area contributed by atoms with Gasteiger partial charge in [0.1, 0.15) is 5.69 Å². The number of rotatable bonds is 7. The molecule has 0 bridgehead atoms. The minimum Gasteiger partial charge on any atom is -0.460 e. The first kappa shape index (κ1) is 19.0. The monoisotopic (exact) mass is 362 g/mol. The summed E-state index contributed by atoms with van der Waals surface area (Å²) in [7, 11) is 3.33. The van der Waals surface area contributed by atoms with Crippen molar-refractivity contribution in [3.8, 4) is 0 Å². The molecule has 0 saturated carbocycles. The van der Waals surface area contributed by atoms with Gasteiger partial charge in [0.2, 0.25) is 11.7 Å². The van der Waals surface area contributed by atoms with Gasteiger partial charge in [0, 0.05) is 39.5 Å². The van der Waals surface area contributed by atoms with Crippen LogP contribution in [0.15, 0.2) is 18.5 Å². The fraction of sp³-hybridized carbons (Fsp3) is 0.375. The van der Waals surface area contributed by atoms with Crippen molar-refractivity contribution in [1.82, 2.24) is 19.4 Å². The topological polar surface area (TPSA) is 133 Å². The second-order valence-corrected chi connectivity index (χ2v) is 5.60. The Bertz CT molecular complexity index is 823. The number of nitrogen functional groups attached to an aromatic ring is 1. The summed E-state index contributed by atoms with van der Waals surface area (Å²) in [4.78, 5) is 39.7. The summed E-state index contributed by atoms with van der Waals surface area (Å²) in [6.07, 6.45) is 3.19. The van der Waals surface area contributed by atoms with Gasteiger partial charge in [-0.1, -0.05) is 0 Å². The Kier molecular flexibility index (Phi) is 5.99. The van der Waals surface area contributed by atoms with E-state index in [9.17, 15) is 14.4 Å². The Morgan fingerprint density at radius 2 is 1.96 bits per heavy atom. The van der Waals surface area contributed by atoms with E-state index in [1.54, 1.807) is 37.8 Å². The molecular weight excluding hydrogens is 340 g/mol. The quantitative estimate of drug-likeness (QED) is 0.606. The van der Waals surface area contributed by atoms with E-state index in [1.807, 2.05) is 0 Å². The van der Waals surface area contributed by atoms with Crippen LogP contribution >= 0.6 is 0 Å². The standard InChI is InChI=1S/C16H22N6O4/c1-4-26-16(25)14-20-12(9-22(14)3)19-13(23)5-6-18-15(24)11-7-10(17)8-21(11)2/h7-9H,4-6,17H2,1-3H3,(H,18,24)(H,19,23). The van der Waals surface area contributed by atoms with Crippen molar-refractivity contribution in [1.29, 1.82) is 0 Å². The van der Waals surface area contributed by atoms with Crippen LogP contribution in [0.25, 0.3) is 0 Å². The molecular formula is C16H22N6O4. The molecule has 10 heteroatoms. The summed E-state index contributed by atoms with van der Waals surface area (Å²) < 4.78 is 7.95. The number of hydrogen-bond acceptors (Lipinski definition) is 6. The molecule has 0 aliphatic heterocycles. The molecule has 4 N–H and O–H groups in total. The molecule has 0 aliphatic carbocycles. The van der Waals surface area contributed by atoms with Crippen molar-refractivity contribution in [3.05, 3.63) is 30.0 Å². The summed E-state index contributed by atoms with van der Waals surface area (Å²) in [6.45, 7) is 2.08. The Morgan fingerprint density at radius 3 is 2.58 bits per heavy atom. The van der Waals surface area contributed by atoms with Gasteiger partial charge in [-0.25, -0.2) is 9.78 Å². The molecule has 2 aromatic heterocycles. The average molecular weight is 362 g/mol. The maximum atomic E-state index is 12.0. The van der Waals surface area contributed by atoms with E-state index in [2.05, 4.69) is 15.6 Å². The largest absolute Gasteiger partial charge is 0.460 e. The number of imidazole rings is 1. The number of anilines is 2. The Balaban J connectivity index is 1.84. The number of nitrogens with two attached hydrogens (primary N) is 1. The van der Waals surface area contributed by atoms with E-state index in [0.29, 0.717) is 11.4 Å². The summed E-state index contributed by atoms with van der Waals surface area (Å²) in [5.74, 6) is -0.895. The first-order valence-corrected chi connectivity index (χ1v) is 8.02. The van der Waals surface area contributed by atoms with Crippen LogP contribution in [-0.2, 0) is 23.6 Å². The van der Waals surface area contributed by atoms with Gasteiger partial charge < -0.3 is 30.2 Å². The van der Waals surface area contributed by atoms with Crippen LogP contribution in [0.3, 0.4) is 0 Å². The number of aryl methyl sites for hydroxylation is 2. The van der Waals surface area contributed by atoms with Gasteiger partial charge in [0.25, 0.3) is 5.91 Å². The van der Waals surface area contributed by atoms with Gasteiger partial charge in [-0.2, -0.15) is 0 Å². The zero-order valence-electron chi connectivity index (χ0n) is 14.9. The molecule has 0 aromatic carbocycles. The molecule has 26 heavy (non-hydrogen) atoms. The number of nitrogens with zero attached hydrogens (tertiary/aromatic N) is 3. The van der Waals surface area contributed by atoms with Crippen molar-refractivity contribution < 1.29 is 19.1 Å². The zero-order valence-corrected chi connectivity index (χ0v) is 14.9. The Morgan fingerprint density at radius 1 is 1.23 bits per heavy atom. The van der Waals surface area contributed by atoms with Crippen molar-refractivity contribution in [2.75, 3.05) is 24.2 Å². The zero-order chi connectivity index (χ0) is 19.3. The molecule has 0 radical (unpaired) electrons. The lowest BCUT2D eigenvalue weighted by molar-refractivity contribution is -0.116. The Labute approximate surface area is 150 Å². The predicted molar refractivity (Wildman–Crippen MR) is 94.6 cm³/mol. The highest BCUT2D eigenvalue weighted by Gasteiger charge is 2.16. The van der Waals surface area contributed by atoms with Gasteiger partial charge in [-0.3, -0.25) is 9.59 Å². The first-order chi connectivity index (χ1) is 12.3. The lowest BCUT2D eigenvalue weighted by atomic mass is 10.3. The maximum absolute atomic E-state index is 12.0. The highest BCUT2D eigenvalue weighted by molar-refractivity contribution is 5.95.